The van der Waals surface area contributed by atoms with Gasteiger partial charge in [-0.3, -0.25) is 0 Å². The molecular weight excluding hydrogens is 336 g/mol. The Morgan fingerprint density at radius 1 is 0.630 bits per heavy atom. The molecule has 0 saturated carbocycles. The summed E-state index contributed by atoms with van der Waals surface area (Å²) >= 11 is 0. The van der Waals surface area contributed by atoms with Crippen LogP contribution in [-0.2, 0) is 10.3 Å². The van der Waals surface area contributed by atoms with Gasteiger partial charge in [-0.15, -0.1) is 0 Å². The van der Waals surface area contributed by atoms with Crippen LogP contribution in [0.15, 0.2) is 72.8 Å². The van der Waals surface area contributed by atoms with Crippen molar-refractivity contribution in [3.63, 3.8) is 0 Å². The molecule has 3 aromatic carbocycles. The highest BCUT2D eigenvalue weighted by Gasteiger charge is 2.37. The lowest BCUT2D eigenvalue weighted by atomic mass is 9.79. The lowest BCUT2D eigenvalue weighted by Crippen LogP contribution is -2.33. The molecule has 0 fully saturated rings. The van der Waals surface area contributed by atoms with Gasteiger partial charge in [-0.2, -0.15) is 0 Å². The SMILES string of the molecule is CCOC(c1ccc(C)cc1)(c1ccc(OC)cc1)c1ccc(OC)cc1. The molecule has 0 amide bonds. The van der Waals surface area contributed by atoms with Crippen molar-refractivity contribution in [3.05, 3.63) is 95.1 Å². The van der Waals surface area contributed by atoms with Gasteiger partial charge in [0, 0.05) is 6.61 Å². The first-order valence-corrected chi connectivity index (χ1v) is 9.14. The fourth-order valence-electron chi connectivity index (χ4n) is 3.41. The van der Waals surface area contributed by atoms with Crippen LogP contribution in [0.4, 0.5) is 0 Å². The highest BCUT2D eigenvalue weighted by atomic mass is 16.5. The second-order valence-corrected chi connectivity index (χ2v) is 6.44. The molecule has 0 aliphatic carbocycles. The summed E-state index contributed by atoms with van der Waals surface area (Å²) in [6.07, 6.45) is 0. The number of hydrogen-bond donors (Lipinski definition) is 0. The summed E-state index contributed by atoms with van der Waals surface area (Å²) in [5.41, 5.74) is 3.71. The van der Waals surface area contributed by atoms with E-state index in [1.165, 1.54) is 5.56 Å². The van der Waals surface area contributed by atoms with Gasteiger partial charge in [0.25, 0.3) is 0 Å². The summed E-state index contributed by atoms with van der Waals surface area (Å²) in [6.45, 7) is 4.69. The summed E-state index contributed by atoms with van der Waals surface area (Å²) in [7, 11) is 3.35. The Bertz CT molecular complexity index is 802. The van der Waals surface area contributed by atoms with Crippen LogP contribution in [0.5, 0.6) is 11.5 Å². The number of aryl methyl sites for hydroxylation is 1. The second kappa shape index (κ2) is 8.28. The molecule has 3 heteroatoms. The average Bonchev–Trinajstić information content (AvgIpc) is 2.73. The van der Waals surface area contributed by atoms with Crippen LogP contribution in [0.3, 0.4) is 0 Å². The predicted octanol–water partition coefficient (Wildman–Crippen LogP) is 5.34. The van der Waals surface area contributed by atoms with Gasteiger partial charge in [0.05, 0.1) is 14.2 Å². The van der Waals surface area contributed by atoms with Gasteiger partial charge < -0.3 is 14.2 Å². The van der Waals surface area contributed by atoms with E-state index < -0.39 is 5.60 Å². The first-order chi connectivity index (χ1) is 13.1. The number of methoxy groups -OCH3 is 2. The van der Waals surface area contributed by atoms with E-state index in [0.29, 0.717) is 6.61 Å². The molecule has 0 saturated heterocycles. The summed E-state index contributed by atoms with van der Waals surface area (Å²) in [6, 6.07) is 24.7. The number of ether oxygens (including phenoxy) is 3. The van der Waals surface area contributed by atoms with Gasteiger partial charge >= 0.3 is 0 Å². The van der Waals surface area contributed by atoms with Crippen LogP contribution in [0.25, 0.3) is 0 Å². The largest absolute Gasteiger partial charge is 0.497 e. The lowest BCUT2D eigenvalue weighted by molar-refractivity contribution is 0.0215. The van der Waals surface area contributed by atoms with Crippen molar-refractivity contribution >= 4 is 0 Å². The van der Waals surface area contributed by atoms with Crippen LogP contribution < -0.4 is 9.47 Å². The van der Waals surface area contributed by atoms with Crippen LogP contribution >= 0.6 is 0 Å². The van der Waals surface area contributed by atoms with E-state index in [2.05, 4.69) is 55.5 Å². The van der Waals surface area contributed by atoms with E-state index in [1.807, 2.05) is 31.2 Å². The van der Waals surface area contributed by atoms with Crippen molar-refractivity contribution in [1.82, 2.24) is 0 Å². The smallest absolute Gasteiger partial charge is 0.143 e. The fraction of sp³-hybridized carbons (Fsp3) is 0.250. The van der Waals surface area contributed by atoms with Crippen LogP contribution in [0.2, 0.25) is 0 Å². The number of rotatable bonds is 7. The molecule has 0 unspecified atom stereocenters. The Kier molecular flexibility index (Phi) is 5.82. The second-order valence-electron chi connectivity index (χ2n) is 6.44. The van der Waals surface area contributed by atoms with E-state index in [4.69, 9.17) is 14.2 Å². The average molecular weight is 362 g/mol. The molecule has 3 rings (SSSR count). The Morgan fingerprint density at radius 2 is 1.00 bits per heavy atom. The quantitative estimate of drug-likeness (QED) is 0.531. The molecule has 0 spiro atoms. The van der Waals surface area contributed by atoms with Crippen LogP contribution in [0, 0.1) is 6.92 Å². The normalized spacial score (nSPS) is 11.3. The fourth-order valence-corrected chi connectivity index (χ4v) is 3.41. The maximum absolute atomic E-state index is 6.49. The van der Waals surface area contributed by atoms with E-state index in [0.717, 1.165) is 28.2 Å². The molecule has 0 radical (unpaired) electrons. The van der Waals surface area contributed by atoms with E-state index >= 15 is 0 Å². The van der Waals surface area contributed by atoms with Crippen LogP contribution in [0.1, 0.15) is 29.2 Å². The van der Waals surface area contributed by atoms with Crippen molar-refractivity contribution in [2.24, 2.45) is 0 Å². The molecule has 3 aromatic rings. The number of hydrogen-bond acceptors (Lipinski definition) is 3. The lowest BCUT2D eigenvalue weighted by Gasteiger charge is -2.35. The van der Waals surface area contributed by atoms with Gasteiger partial charge in [0.1, 0.15) is 17.1 Å². The zero-order valence-electron chi connectivity index (χ0n) is 16.4. The van der Waals surface area contributed by atoms with Crippen molar-refractivity contribution in [1.29, 1.82) is 0 Å². The van der Waals surface area contributed by atoms with Crippen molar-refractivity contribution in [2.75, 3.05) is 20.8 Å². The summed E-state index contributed by atoms with van der Waals surface area (Å²) < 4.78 is 17.2. The number of benzene rings is 3. The van der Waals surface area contributed by atoms with Crippen molar-refractivity contribution in [3.8, 4) is 11.5 Å². The summed E-state index contributed by atoms with van der Waals surface area (Å²) in [5, 5.41) is 0. The molecule has 0 aliphatic heterocycles. The Hall–Kier alpha value is -2.78. The minimum absolute atomic E-state index is 0.575. The predicted molar refractivity (Wildman–Crippen MR) is 109 cm³/mol. The zero-order valence-corrected chi connectivity index (χ0v) is 16.4. The topological polar surface area (TPSA) is 27.7 Å². The standard InChI is InChI=1S/C24H26O3/c1-5-27-24(19-8-6-18(2)7-9-19,20-10-14-22(25-3)15-11-20)21-12-16-23(26-4)17-13-21/h6-17H,5H2,1-4H3. The van der Waals surface area contributed by atoms with Gasteiger partial charge in [0.2, 0.25) is 0 Å². The molecule has 0 atom stereocenters. The van der Waals surface area contributed by atoms with E-state index in [1.54, 1.807) is 14.2 Å². The molecule has 0 aromatic heterocycles. The highest BCUT2D eigenvalue weighted by Crippen LogP contribution is 2.41. The first kappa shape index (κ1) is 19.0. The third kappa shape index (κ3) is 3.69. The molecule has 3 nitrogen and oxygen atoms in total. The summed E-state index contributed by atoms with van der Waals surface area (Å²) in [5.74, 6) is 1.64. The van der Waals surface area contributed by atoms with Crippen LogP contribution in [-0.4, -0.2) is 20.8 Å². The Labute approximate surface area is 161 Å². The summed E-state index contributed by atoms with van der Waals surface area (Å²) in [4.78, 5) is 0. The maximum Gasteiger partial charge on any atom is 0.143 e. The minimum Gasteiger partial charge on any atom is -0.497 e. The molecular formula is C24H26O3. The Balaban J connectivity index is 2.24. The van der Waals surface area contributed by atoms with Crippen molar-refractivity contribution < 1.29 is 14.2 Å². The zero-order chi connectivity index (χ0) is 19.3. The highest BCUT2D eigenvalue weighted by molar-refractivity contribution is 5.50. The van der Waals surface area contributed by atoms with Crippen molar-refractivity contribution in [2.45, 2.75) is 19.4 Å². The monoisotopic (exact) mass is 362 g/mol. The molecule has 0 N–H and O–H groups in total. The van der Waals surface area contributed by atoms with E-state index in [-0.39, 0.29) is 0 Å². The van der Waals surface area contributed by atoms with Gasteiger partial charge in [-0.05, 0) is 54.8 Å². The maximum atomic E-state index is 6.49. The van der Waals surface area contributed by atoms with Gasteiger partial charge in [-0.25, -0.2) is 0 Å². The third-order valence-electron chi connectivity index (χ3n) is 4.81. The van der Waals surface area contributed by atoms with Gasteiger partial charge in [0.15, 0.2) is 0 Å². The Morgan fingerprint density at radius 3 is 1.33 bits per heavy atom. The first-order valence-electron chi connectivity index (χ1n) is 9.14. The molecule has 27 heavy (non-hydrogen) atoms. The minimum atomic E-state index is -0.707. The van der Waals surface area contributed by atoms with Gasteiger partial charge in [-0.1, -0.05) is 54.1 Å². The molecule has 0 heterocycles. The molecule has 140 valence electrons. The third-order valence-corrected chi connectivity index (χ3v) is 4.81. The molecule has 0 bridgehead atoms. The molecule has 0 aliphatic rings. The van der Waals surface area contributed by atoms with E-state index in [9.17, 15) is 0 Å².